The normalized spacial score (nSPS) is 12.7. The summed E-state index contributed by atoms with van der Waals surface area (Å²) in [4.78, 5) is 29.0. The molecule has 0 heterocycles. The fourth-order valence-corrected chi connectivity index (χ4v) is 5.88. The SMILES string of the molecule is CC[C@H](C(=O)N[C@@H](C)CC)N(Cc1ccc(OC)cc1)C(=O)CN(c1cccc(Cl)c1)S(=O)(=O)c1ccc(C)cc1. The lowest BCUT2D eigenvalue weighted by Crippen LogP contribution is -2.53. The predicted molar refractivity (Wildman–Crippen MR) is 163 cm³/mol. The molecule has 0 aromatic heterocycles. The number of carbonyl (C=O) groups excluding carboxylic acids is 2. The van der Waals surface area contributed by atoms with Crippen LogP contribution in [-0.4, -0.2) is 50.9 Å². The van der Waals surface area contributed by atoms with Crippen LogP contribution in [0.4, 0.5) is 5.69 Å². The van der Waals surface area contributed by atoms with E-state index in [1.54, 1.807) is 49.6 Å². The molecule has 3 rings (SSSR count). The van der Waals surface area contributed by atoms with E-state index in [1.807, 2.05) is 39.8 Å². The van der Waals surface area contributed by atoms with Gasteiger partial charge in [0, 0.05) is 17.6 Å². The maximum Gasteiger partial charge on any atom is 0.264 e. The van der Waals surface area contributed by atoms with E-state index in [0.29, 0.717) is 17.2 Å². The number of nitrogens with zero attached hydrogens (tertiary/aromatic N) is 2. The van der Waals surface area contributed by atoms with E-state index < -0.39 is 28.5 Å². The van der Waals surface area contributed by atoms with Crippen LogP contribution in [0.1, 0.15) is 44.7 Å². The van der Waals surface area contributed by atoms with E-state index in [9.17, 15) is 18.0 Å². The molecule has 3 aromatic rings. The lowest BCUT2D eigenvalue weighted by molar-refractivity contribution is -0.140. The average Bonchev–Trinajstić information content (AvgIpc) is 2.96. The van der Waals surface area contributed by atoms with Gasteiger partial charge in [0.05, 0.1) is 17.7 Å². The quantitative estimate of drug-likeness (QED) is 0.277. The number of amides is 2. The van der Waals surface area contributed by atoms with Crippen molar-refractivity contribution in [1.82, 2.24) is 10.2 Å². The first-order valence-corrected chi connectivity index (χ1v) is 15.4. The number of hydrogen-bond donors (Lipinski definition) is 1. The number of ether oxygens (including phenoxy) is 1. The van der Waals surface area contributed by atoms with Gasteiger partial charge >= 0.3 is 0 Å². The van der Waals surface area contributed by atoms with Gasteiger partial charge in [-0.1, -0.05) is 61.3 Å². The van der Waals surface area contributed by atoms with Gasteiger partial charge in [0.1, 0.15) is 18.3 Å². The van der Waals surface area contributed by atoms with Crippen molar-refractivity contribution < 1.29 is 22.7 Å². The van der Waals surface area contributed by atoms with Crippen LogP contribution in [0, 0.1) is 6.92 Å². The topological polar surface area (TPSA) is 96.0 Å². The number of sulfonamides is 1. The van der Waals surface area contributed by atoms with Crippen LogP contribution in [0.25, 0.3) is 0 Å². The van der Waals surface area contributed by atoms with Crippen LogP contribution in [-0.2, 0) is 26.2 Å². The van der Waals surface area contributed by atoms with Crippen molar-refractivity contribution in [3.05, 3.63) is 88.9 Å². The summed E-state index contributed by atoms with van der Waals surface area (Å²) in [5.41, 5.74) is 1.91. The van der Waals surface area contributed by atoms with E-state index >= 15 is 0 Å². The lowest BCUT2D eigenvalue weighted by atomic mass is 10.1. The molecule has 41 heavy (non-hydrogen) atoms. The minimum atomic E-state index is -4.16. The van der Waals surface area contributed by atoms with Crippen LogP contribution in [0.2, 0.25) is 5.02 Å². The highest BCUT2D eigenvalue weighted by atomic mass is 35.5. The third-order valence-corrected chi connectivity index (χ3v) is 8.91. The first kappa shape index (κ1) is 32.0. The molecule has 0 aliphatic heterocycles. The molecule has 1 N–H and O–H groups in total. The summed E-state index contributed by atoms with van der Waals surface area (Å²) < 4.78 is 34.1. The van der Waals surface area contributed by atoms with Crippen LogP contribution in [0.5, 0.6) is 5.75 Å². The van der Waals surface area contributed by atoms with Crippen molar-refractivity contribution in [2.75, 3.05) is 18.0 Å². The Bertz CT molecular complexity index is 1430. The Balaban J connectivity index is 2.05. The molecular weight excluding hydrogens is 562 g/mol. The van der Waals surface area contributed by atoms with E-state index in [4.69, 9.17) is 16.3 Å². The van der Waals surface area contributed by atoms with Crippen molar-refractivity contribution in [2.24, 2.45) is 0 Å². The van der Waals surface area contributed by atoms with Gasteiger partial charge in [0.2, 0.25) is 11.8 Å². The molecule has 0 unspecified atom stereocenters. The number of methoxy groups -OCH3 is 1. The van der Waals surface area contributed by atoms with Crippen LogP contribution in [0.3, 0.4) is 0 Å². The Morgan fingerprint density at radius 3 is 2.20 bits per heavy atom. The van der Waals surface area contributed by atoms with Gasteiger partial charge in [-0.25, -0.2) is 8.42 Å². The minimum Gasteiger partial charge on any atom is -0.497 e. The molecule has 220 valence electrons. The molecule has 0 saturated carbocycles. The average molecular weight is 600 g/mol. The smallest absolute Gasteiger partial charge is 0.264 e. The van der Waals surface area contributed by atoms with Crippen LogP contribution < -0.4 is 14.4 Å². The molecule has 0 aliphatic carbocycles. The summed E-state index contributed by atoms with van der Waals surface area (Å²) in [5, 5.41) is 3.30. The highest BCUT2D eigenvalue weighted by molar-refractivity contribution is 7.92. The second-order valence-electron chi connectivity index (χ2n) is 9.92. The summed E-state index contributed by atoms with van der Waals surface area (Å²) in [7, 11) is -2.60. The number of hydrogen-bond acceptors (Lipinski definition) is 5. The Kier molecular flexibility index (Phi) is 11.2. The first-order valence-electron chi connectivity index (χ1n) is 13.6. The number of nitrogens with one attached hydrogen (secondary N) is 1. The molecule has 8 nitrogen and oxygen atoms in total. The molecule has 0 radical (unpaired) electrons. The van der Waals surface area contributed by atoms with Crippen LogP contribution >= 0.6 is 11.6 Å². The fourth-order valence-electron chi connectivity index (χ4n) is 4.29. The zero-order valence-corrected chi connectivity index (χ0v) is 25.7. The molecule has 2 atom stereocenters. The summed E-state index contributed by atoms with van der Waals surface area (Å²) in [5.74, 6) is -0.161. The molecule has 0 aliphatic rings. The van der Waals surface area contributed by atoms with E-state index in [0.717, 1.165) is 21.9 Å². The number of anilines is 1. The second kappa shape index (κ2) is 14.4. The maximum absolute atomic E-state index is 14.1. The van der Waals surface area contributed by atoms with Crippen molar-refractivity contribution in [3.8, 4) is 5.75 Å². The lowest BCUT2D eigenvalue weighted by Gasteiger charge is -2.33. The van der Waals surface area contributed by atoms with Crippen molar-refractivity contribution in [1.29, 1.82) is 0 Å². The van der Waals surface area contributed by atoms with Gasteiger partial charge in [0.25, 0.3) is 10.0 Å². The third-order valence-electron chi connectivity index (χ3n) is 6.88. The summed E-state index contributed by atoms with van der Waals surface area (Å²) in [6, 6.07) is 19.1. The van der Waals surface area contributed by atoms with Gasteiger partial charge in [0.15, 0.2) is 0 Å². The Morgan fingerprint density at radius 1 is 0.976 bits per heavy atom. The number of aryl methyl sites for hydroxylation is 1. The highest BCUT2D eigenvalue weighted by Gasteiger charge is 2.34. The Hall–Kier alpha value is -3.56. The van der Waals surface area contributed by atoms with Gasteiger partial charge in [-0.2, -0.15) is 0 Å². The Morgan fingerprint density at radius 2 is 1.63 bits per heavy atom. The molecular formula is C31H38ClN3O5S. The van der Waals surface area contributed by atoms with Gasteiger partial charge in [-0.3, -0.25) is 13.9 Å². The van der Waals surface area contributed by atoms with E-state index in [2.05, 4.69) is 5.32 Å². The summed E-state index contributed by atoms with van der Waals surface area (Å²) >= 11 is 6.23. The van der Waals surface area contributed by atoms with Gasteiger partial charge in [-0.05, 0) is 74.7 Å². The van der Waals surface area contributed by atoms with E-state index in [-0.39, 0.29) is 29.1 Å². The fraction of sp³-hybridized carbons (Fsp3) is 0.355. The molecule has 2 amide bonds. The summed E-state index contributed by atoms with van der Waals surface area (Å²) in [6.45, 7) is 7.12. The van der Waals surface area contributed by atoms with Gasteiger partial charge in [-0.15, -0.1) is 0 Å². The minimum absolute atomic E-state index is 0.0409. The van der Waals surface area contributed by atoms with E-state index in [1.165, 1.54) is 23.1 Å². The Labute approximate surface area is 248 Å². The van der Waals surface area contributed by atoms with Crippen molar-refractivity contribution >= 4 is 39.1 Å². The largest absolute Gasteiger partial charge is 0.497 e. The number of carbonyl (C=O) groups is 2. The third kappa shape index (κ3) is 8.24. The zero-order valence-electron chi connectivity index (χ0n) is 24.1. The monoisotopic (exact) mass is 599 g/mol. The second-order valence-corrected chi connectivity index (χ2v) is 12.2. The highest BCUT2D eigenvalue weighted by Crippen LogP contribution is 2.27. The number of halogens is 1. The maximum atomic E-state index is 14.1. The number of rotatable bonds is 13. The molecule has 0 bridgehead atoms. The standard InChI is InChI=1S/C31H38ClN3O5S/c1-6-23(4)33-31(37)29(7-2)34(20-24-13-15-27(40-5)16-14-24)30(36)21-35(26-10-8-9-25(32)19-26)41(38,39)28-17-11-22(3)12-18-28/h8-19,23,29H,6-7,20-21H2,1-5H3,(H,33,37)/t23-,29+/m0/s1. The molecule has 3 aromatic carbocycles. The summed E-state index contributed by atoms with van der Waals surface area (Å²) in [6.07, 6.45) is 1.07. The molecule has 0 saturated heterocycles. The molecule has 0 fully saturated rings. The predicted octanol–water partition coefficient (Wildman–Crippen LogP) is 5.57. The first-order chi connectivity index (χ1) is 19.5. The molecule has 10 heteroatoms. The number of benzene rings is 3. The zero-order chi connectivity index (χ0) is 30.2. The molecule has 0 spiro atoms. The van der Waals surface area contributed by atoms with Gasteiger partial charge < -0.3 is 15.0 Å². The van der Waals surface area contributed by atoms with Crippen molar-refractivity contribution in [3.63, 3.8) is 0 Å². The van der Waals surface area contributed by atoms with Crippen LogP contribution in [0.15, 0.2) is 77.7 Å². The van der Waals surface area contributed by atoms with Crippen molar-refractivity contribution in [2.45, 2.75) is 64.1 Å².